The summed E-state index contributed by atoms with van der Waals surface area (Å²) in [6.07, 6.45) is 3.89. The van der Waals surface area contributed by atoms with Gasteiger partial charge in [0.2, 0.25) is 12.7 Å². The number of methoxy groups -OCH3 is 1. The van der Waals surface area contributed by atoms with Crippen molar-refractivity contribution in [1.82, 2.24) is 10.2 Å². The molecule has 3 N–H and O–H groups in total. The molecule has 3 unspecified atom stereocenters. The van der Waals surface area contributed by atoms with Crippen LogP contribution in [0, 0.1) is 5.92 Å². The Labute approximate surface area is 219 Å². The lowest BCUT2D eigenvalue weighted by atomic mass is 9.85. The number of nitrogens with one attached hydrogen (secondary N) is 1. The molecule has 10 nitrogen and oxygen atoms in total. The highest BCUT2D eigenvalue weighted by atomic mass is 16.7. The van der Waals surface area contributed by atoms with Crippen molar-refractivity contribution in [2.45, 2.75) is 76.8 Å². The third kappa shape index (κ3) is 9.68. The van der Waals surface area contributed by atoms with Gasteiger partial charge in [0.25, 0.3) is 0 Å². The Bertz CT molecular complexity index is 878. The van der Waals surface area contributed by atoms with Crippen molar-refractivity contribution in [3.8, 4) is 0 Å². The highest BCUT2D eigenvalue weighted by Crippen LogP contribution is 2.32. The summed E-state index contributed by atoms with van der Waals surface area (Å²) < 4.78 is 15.3. The van der Waals surface area contributed by atoms with E-state index in [1.807, 2.05) is 44.2 Å². The molecule has 37 heavy (non-hydrogen) atoms. The van der Waals surface area contributed by atoms with Crippen LogP contribution < -0.4 is 11.1 Å². The molecule has 2 amide bonds. The van der Waals surface area contributed by atoms with E-state index in [1.54, 1.807) is 0 Å². The Hall–Kier alpha value is -3.14. The van der Waals surface area contributed by atoms with Crippen LogP contribution in [0.4, 0.5) is 4.79 Å². The Balaban J connectivity index is 1.74. The SMILES string of the molecule is COC(=O)C(c1ccccc1)C1CCCCN1C(=O)OCOC(=O)CCCCCNC(=O)C(N)C(C)C. The fourth-order valence-electron chi connectivity index (χ4n) is 4.34. The summed E-state index contributed by atoms with van der Waals surface area (Å²) in [7, 11) is 1.33. The minimum absolute atomic E-state index is 0.0720. The van der Waals surface area contributed by atoms with E-state index in [4.69, 9.17) is 19.9 Å². The van der Waals surface area contributed by atoms with E-state index in [0.29, 0.717) is 25.9 Å². The van der Waals surface area contributed by atoms with Crippen LogP contribution in [0.25, 0.3) is 0 Å². The average molecular weight is 520 g/mol. The van der Waals surface area contributed by atoms with E-state index in [9.17, 15) is 19.2 Å². The summed E-state index contributed by atoms with van der Waals surface area (Å²) in [5.74, 6) is -1.61. The molecule has 1 saturated heterocycles. The minimum Gasteiger partial charge on any atom is -0.468 e. The topological polar surface area (TPSA) is 137 Å². The van der Waals surface area contributed by atoms with Crippen LogP contribution in [-0.4, -0.2) is 67.9 Å². The van der Waals surface area contributed by atoms with Crippen molar-refractivity contribution >= 4 is 23.9 Å². The standard InChI is InChI=1S/C27H41N3O7/c1-19(2)24(28)25(32)29-16-10-5-8-15-22(31)36-18-37-27(34)30-17-11-9-14-21(30)23(26(33)35-3)20-12-6-4-7-13-20/h4,6-7,12-13,19,21,23-24H,5,8-11,14-18,28H2,1-3H3,(H,29,32). The van der Waals surface area contributed by atoms with E-state index >= 15 is 0 Å². The first kappa shape index (κ1) is 30.1. The van der Waals surface area contributed by atoms with E-state index < -0.39 is 42.8 Å². The maximum absolute atomic E-state index is 12.8. The number of piperidine rings is 1. The van der Waals surface area contributed by atoms with Crippen molar-refractivity contribution in [3.05, 3.63) is 35.9 Å². The number of carbonyl (C=O) groups excluding carboxylic acids is 4. The van der Waals surface area contributed by atoms with Crippen LogP contribution in [-0.2, 0) is 28.6 Å². The lowest BCUT2D eigenvalue weighted by Gasteiger charge is -2.38. The molecule has 2 rings (SSSR count). The van der Waals surface area contributed by atoms with Crippen LogP contribution in [0.2, 0.25) is 0 Å². The fourth-order valence-corrected chi connectivity index (χ4v) is 4.34. The summed E-state index contributed by atoms with van der Waals surface area (Å²) in [5, 5.41) is 2.79. The number of hydrogen-bond acceptors (Lipinski definition) is 8. The summed E-state index contributed by atoms with van der Waals surface area (Å²) in [4.78, 5) is 50.8. The molecule has 0 aliphatic carbocycles. The molecule has 10 heteroatoms. The summed E-state index contributed by atoms with van der Waals surface area (Å²) in [6.45, 7) is 4.23. The number of amides is 2. The highest BCUT2D eigenvalue weighted by Gasteiger charge is 2.39. The number of likely N-dealkylation sites (tertiary alicyclic amines) is 1. The zero-order valence-electron chi connectivity index (χ0n) is 22.1. The van der Waals surface area contributed by atoms with E-state index in [2.05, 4.69) is 5.32 Å². The molecule has 1 aromatic carbocycles. The number of unbranched alkanes of at least 4 members (excludes halogenated alkanes) is 2. The molecular formula is C27H41N3O7. The molecule has 0 saturated carbocycles. The lowest BCUT2D eigenvalue weighted by molar-refractivity contribution is -0.152. The van der Waals surface area contributed by atoms with E-state index in [1.165, 1.54) is 12.0 Å². The van der Waals surface area contributed by atoms with Crippen LogP contribution in [0.1, 0.15) is 70.3 Å². The zero-order valence-corrected chi connectivity index (χ0v) is 22.1. The van der Waals surface area contributed by atoms with Crippen molar-refractivity contribution in [3.63, 3.8) is 0 Å². The molecule has 206 valence electrons. The molecule has 0 aromatic heterocycles. The number of rotatable bonds is 13. The molecule has 1 heterocycles. The zero-order chi connectivity index (χ0) is 27.2. The number of nitrogens with two attached hydrogens (primary N) is 1. The number of nitrogens with zero attached hydrogens (tertiary/aromatic N) is 1. The van der Waals surface area contributed by atoms with Crippen molar-refractivity contribution in [2.24, 2.45) is 11.7 Å². The summed E-state index contributed by atoms with van der Waals surface area (Å²) in [5.41, 5.74) is 6.56. The summed E-state index contributed by atoms with van der Waals surface area (Å²) in [6, 6.07) is 8.29. The Kier molecular flexibility index (Phi) is 12.9. The molecule has 1 aromatic rings. The van der Waals surface area contributed by atoms with Gasteiger partial charge in [-0.1, -0.05) is 50.6 Å². The minimum atomic E-state index is -0.632. The molecule has 1 aliphatic heterocycles. The Morgan fingerprint density at radius 1 is 1.05 bits per heavy atom. The predicted molar refractivity (Wildman–Crippen MR) is 137 cm³/mol. The molecule has 3 atom stereocenters. The second-order valence-electron chi connectivity index (χ2n) is 9.58. The van der Waals surface area contributed by atoms with Gasteiger partial charge in [-0.25, -0.2) is 4.79 Å². The second kappa shape index (κ2) is 15.9. The molecule has 0 radical (unpaired) electrons. The first-order valence-corrected chi connectivity index (χ1v) is 13.0. The Morgan fingerprint density at radius 3 is 2.46 bits per heavy atom. The van der Waals surface area contributed by atoms with Crippen molar-refractivity contribution < 1.29 is 33.4 Å². The van der Waals surface area contributed by atoms with Crippen LogP contribution in [0.3, 0.4) is 0 Å². The quantitative estimate of drug-likeness (QED) is 0.230. The van der Waals surface area contributed by atoms with Gasteiger partial charge in [-0.3, -0.25) is 14.4 Å². The van der Waals surface area contributed by atoms with Gasteiger partial charge in [0.05, 0.1) is 19.2 Å². The number of ether oxygens (including phenoxy) is 3. The highest BCUT2D eigenvalue weighted by molar-refractivity contribution is 5.81. The van der Waals surface area contributed by atoms with Crippen molar-refractivity contribution in [1.29, 1.82) is 0 Å². The van der Waals surface area contributed by atoms with Gasteiger partial charge in [0, 0.05) is 19.5 Å². The molecule has 0 spiro atoms. The number of esters is 2. The predicted octanol–water partition coefficient (Wildman–Crippen LogP) is 3.09. The molecule has 1 fully saturated rings. The van der Waals surface area contributed by atoms with Gasteiger partial charge < -0.3 is 30.2 Å². The lowest BCUT2D eigenvalue weighted by Crippen LogP contribution is -2.49. The molecule has 0 bridgehead atoms. The van der Waals surface area contributed by atoms with Gasteiger partial charge in [-0.05, 0) is 43.6 Å². The van der Waals surface area contributed by atoms with Crippen LogP contribution >= 0.6 is 0 Å². The smallest absolute Gasteiger partial charge is 0.412 e. The van der Waals surface area contributed by atoms with Gasteiger partial charge in [-0.15, -0.1) is 0 Å². The van der Waals surface area contributed by atoms with Gasteiger partial charge >= 0.3 is 18.0 Å². The van der Waals surface area contributed by atoms with Gasteiger partial charge in [-0.2, -0.15) is 0 Å². The molecular weight excluding hydrogens is 478 g/mol. The van der Waals surface area contributed by atoms with Crippen LogP contribution in [0.5, 0.6) is 0 Å². The monoisotopic (exact) mass is 519 g/mol. The molecule has 1 aliphatic rings. The maximum atomic E-state index is 12.8. The number of benzene rings is 1. The number of carbonyl (C=O) groups is 4. The Morgan fingerprint density at radius 2 is 1.78 bits per heavy atom. The van der Waals surface area contributed by atoms with Gasteiger partial charge in [0.15, 0.2) is 0 Å². The third-order valence-electron chi connectivity index (χ3n) is 6.56. The van der Waals surface area contributed by atoms with Crippen LogP contribution in [0.15, 0.2) is 30.3 Å². The first-order chi connectivity index (χ1) is 17.8. The average Bonchev–Trinajstić information content (AvgIpc) is 2.90. The van der Waals surface area contributed by atoms with Gasteiger partial charge in [0.1, 0.15) is 5.92 Å². The van der Waals surface area contributed by atoms with Crippen molar-refractivity contribution in [2.75, 3.05) is 27.0 Å². The normalized spacial score (nSPS) is 17.0. The largest absolute Gasteiger partial charge is 0.468 e. The van der Waals surface area contributed by atoms with E-state index in [-0.39, 0.29) is 18.2 Å². The fraction of sp³-hybridized carbons (Fsp3) is 0.630. The maximum Gasteiger partial charge on any atom is 0.412 e. The first-order valence-electron chi connectivity index (χ1n) is 13.0. The third-order valence-corrected chi connectivity index (χ3v) is 6.56. The van der Waals surface area contributed by atoms with E-state index in [0.717, 1.165) is 31.2 Å². The summed E-state index contributed by atoms with van der Waals surface area (Å²) >= 11 is 0. The second-order valence-corrected chi connectivity index (χ2v) is 9.58. The number of hydrogen-bond donors (Lipinski definition) is 2.